The Bertz CT molecular complexity index is 1460. The summed E-state index contributed by atoms with van der Waals surface area (Å²) in [6.45, 7) is 32.1. The van der Waals surface area contributed by atoms with Gasteiger partial charge in [0.2, 0.25) is 6.29 Å². The molecule has 3 heteroatoms. The molecule has 4 bridgehead atoms. The number of aromatic hydroxyl groups is 1. The van der Waals surface area contributed by atoms with Crippen molar-refractivity contribution in [2.75, 3.05) is 6.61 Å². The predicted molar refractivity (Wildman–Crippen MR) is 234 cm³/mol. The van der Waals surface area contributed by atoms with E-state index in [0.29, 0.717) is 23.0 Å². The third kappa shape index (κ3) is 11.1. The van der Waals surface area contributed by atoms with Gasteiger partial charge in [0.1, 0.15) is 11.5 Å². The molecule has 4 saturated carbocycles. The van der Waals surface area contributed by atoms with Gasteiger partial charge in [-0.25, -0.2) is 0 Å². The molecular weight excluding hydrogens is 673 g/mol. The minimum atomic E-state index is -0.228. The maximum atomic E-state index is 9.99. The van der Waals surface area contributed by atoms with E-state index in [2.05, 4.69) is 126 Å². The van der Waals surface area contributed by atoms with E-state index in [-0.39, 0.29) is 33.4 Å². The fraction of sp³-hybridized carbons (Fsp3) is 0.769. The third-order valence-electron chi connectivity index (χ3n) is 15.5. The molecule has 0 spiro atoms. The summed E-state index contributed by atoms with van der Waals surface area (Å²) in [7, 11) is 0. The Morgan fingerprint density at radius 1 is 0.673 bits per heavy atom. The minimum Gasteiger partial charge on any atom is -0.508 e. The fourth-order valence-electron chi connectivity index (χ4n) is 11.8. The maximum Gasteiger partial charge on any atom is 0.205 e. The summed E-state index contributed by atoms with van der Waals surface area (Å²) in [4.78, 5) is 0. The van der Waals surface area contributed by atoms with Crippen molar-refractivity contribution in [3.05, 3.63) is 59.7 Å². The van der Waals surface area contributed by atoms with Crippen molar-refractivity contribution >= 4 is 0 Å². The second-order valence-electron chi connectivity index (χ2n) is 23.2. The molecule has 1 N–H and O–H groups in total. The quantitative estimate of drug-likeness (QED) is 0.154. The van der Waals surface area contributed by atoms with Crippen LogP contribution in [0.4, 0.5) is 0 Å². The van der Waals surface area contributed by atoms with Crippen LogP contribution in [0.15, 0.2) is 48.5 Å². The highest BCUT2D eigenvalue weighted by Gasteiger charge is 2.49. The molecule has 6 rings (SSSR count). The molecular formula is C52H84O3. The van der Waals surface area contributed by atoms with Crippen molar-refractivity contribution in [3.8, 4) is 11.5 Å². The van der Waals surface area contributed by atoms with Gasteiger partial charge in [-0.1, -0.05) is 114 Å². The van der Waals surface area contributed by atoms with E-state index in [0.717, 1.165) is 68.6 Å². The zero-order valence-corrected chi connectivity index (χ0v) is 38.0. The van der Waals surface area contributed by atoms with Gasteiger partial charge in [0.25, 0.3) is 0 Å². The van der Waals surface area contributed by atoms with Crippen molar-refractivity contribution in [2.45, 2.75) is 198 Å². The standard InChI is InChI=1S/C52H84O3/c1-14-52(15-2,16-3)46(54-36-51-26-25-37-29-38(32-51)31-39(30-37)33-51)55-43-23-19-41(20-24-43)45(34-47(4,5)6)50(12,13)28-27-49(10,11)35-44(48(7,8)9)40-17-21-42(53)22-18-40/h17-24,37-39,44-46,53H,14-16,25-36H2,1-13H3. The number of ether oxygens (including phenoxy) is 2. The van der Waals surface area contributed by atoms with Crippen LogP contribution >= 0.6 is 0 Å². The highest BCUT2D eigenvalue weighted by molar-refractivity contribution is 5.32. The van der Waals surface area contributed by atoms with Crippen LogP contribution < -0.4 is 4.74 Å². The monoisotopic (exact) mass is 757 g/mol. The molecule has 310 valence electrons. The van der Waals surface area contributed by atoms with Gasteiger partial charge in [0.05, 0.1) is 6.61 Å². The van der Waals surface area contributed by atoms with Crippen LogP contribution in [-0.4, -0.2) is 18.0 Å². The lowest BCUT2D eigenvalue weighted by Crippen LogP contribution is -2.44. The first-order chi connectivity index (χ1) is 25.6. The smallest absolute Gasteiger partial charge is 0.205 e. The molecule has 4 fully saturated rings. The highest BCUT2D eigenvalue weighted by Crippen LogP contribution is 2.58. The van der Waals surface area contributed by atoms with Gasteiger partial charge in [-0.05, 0) is 182 Å². The molecule has 4 aliphatic carbocycles. The summed E-state index contributed by atoms with van der Waals surface area (Å²) < 4.78 is 14.2. The van der Waals surface area contributed by atoms with E-state index >= 15 is 0 Å². The molecule has 2 aromatic carbocycles. The maximum absolute atomic E-state index is 9.99. The van der Waals surface area contributed by atoms with E-state index in [1.165, 1.54) is 62.5 Å². The molecule has 5 unspecified atom stereocenters. The van der Waals surface area contributed by atoms with Crippen LogP contribution in [-0.2, 0) is 4.74 Å². The van der Waals surface area contributed by atoms with Gasteiger partial charge in [-0.2, -0.15) is 0 Å². The Balaban J connectivity index is 1.32. The molecule has 3 nitrogen and oxygen atoms in total. The lowest BCUT2D eigenvalue weighted by molar-refractivity contribution is -0.187. The Hall–Kier alpha value is -2.00. The summed E-state index contributed by atoms with van der Waals surface area (Å²) in [5, 5.41) is 9.99. The number of phenols is 1. The van der Waals surface area contributed by atoms with Gasteiger partial charge in [-0.3, -0.25) is 0 Å². The molecule has 0 heterocycles. The minimum absolute atomic E-state index is 0.00801. The topological polar surface area (TPSA) is 38.7 Å². The Kier molecular flexibility index (Phi) is 13.7. The van der Waals surface area contributed by atoms with Crippen molar-refractivity contribution < 1.29 is 14.6 Å². The number of rotatable bonds is 18. The van der Waals surface area contributed by atoms with Crippen LogP contribution in [0.3, 0.4) is 0 Å². The second-order valence-corrected chi connectivity index (χ2v) is 23.2. The summed E-state index contributed by atoms with van der Waals surface area (Å²) in [5.74, 6) is 4.95. The molecule has 55 heavy (non-hydrogen) atoms. The van der Waals surface area contributed by atoms with E-state index < -0.39 is 0 Å². The summed E-state index contributed by atoms with van der Waals surface area (Å²) in [5.41, 5.74) is 3.75. The van der Waals surface area contributed by atoms with E-state index in [4.69, 9.17) is 9.47 Å². The first-order valence-corrected chi connectivity index (χ1v) is 22.8. The van der Waals surface area contributed by atoms with Gasteiger partial charge in [0.15, 0.2) is 0 Å². The van der Waals surface area contributed by atoms with Crippen molar-refractivity contribution in [3.63, 3.8) is 0 Å². The number of hydrogen-bond acceptors (Lipinski definition) is 3. The molecule has 5 atom stereocenters. The van der Waals surface area contributed by atoms with E-state index in [9.17, 15) is 5.11 Å². The zero-order chi connectivity index (χ0) is 40.5. The molecule has 0 aliphatic heterocycles. The number of fused-ring (bicyclic) bond motifs is 1. The molecule has 0 aromatic heterocycles. The van der Waals surface area contributed by atoms with Crippen LogP contribution in [0.1, 0.15) is 203 Å². The number of phenolic OH excluding ortho intramolecular Hbond substituents is 1. The lowest BCUT2D eigenvalue weighted by atomic mass is 9.62. The second kappa shape index (κ2) is 17.1. The summed E-state index contributed by atoms with van der Waals surface area (Å²) in [6.07, 6.45) is 17.5. The van der Waals surface area contributed by atoms with Gasteiger partial charge in [-0.15, -0.1) is 0 Å². The van der Waals surface area contributed by atoms with Gasteiger partial charge >= 0.3 is 0 Å². The van der Waals surface area contributed by atoms with Gasteiger partial charge in [0, 0.05) is 5.41 Å². The van der Waals surface area contributed by atoms with Crippen LogP contribution in [0.2, 0.25) is 0 Å². The molecule has 2 aromatic rings. The molecule has 0 radical (unpaired) electrons. The first kappa shape index (κ1) is 44.1. The van der Waals surface area contributed by atoms with Crippen LogP contribution in [0, 0.1) is 50.2 Å². The lowest BCUT2D eigenvalue weighted by Gasteiger charge is -2.46. The Labute approximate surface area is 339 Å². The molecule has 4 aliphatic rings. The first-order valence-electron chi connectivity index (χ1n) is 22.8. The van der Waals surface area contributed by atoms with E-state index in [1.54, 1.807) is 0 Å². The molecule has 0 amide bonds. The average Bonchev–Trinajstić information content (AvgIpc) is 3.31. The van der Waals surface area contributed by atoms with Crippen LogP contribution in [0.25, 0.3) is 0 Å². The normalized spacial score (nSPS) is 25.1. The van der Waals surface area contributed by atoms with Gasteiger partial charge < -0.3 is 14.6 Å². The SMILES string of the molecule is CCC(CC)(CC)C(OCC12CCC3CC(CC(C3)C1)C2)Oc1ccc(C(CC(C)(C)C)C(C)(C)CCC(C)(C)CC(c2ccc(O)cc2)C(C)(C)C)cc1. The predicted octanol–water partition coefficient (Wildman–Crippen LogP) is 15.5. The van der Waals surface area contributed by atoms with Crippen molar-refractivity contribution in [1.29, 1.82) is 0 Å². The zero-order valence-electron chi connectivity index (χ0n) is 38.0. The summed E-state index contributed by atoms with van der Waals surface area (Å²) in [6, 6.07) is 17.2. The Morgan fingerprint density at radius 2 is 1.20 bits per heavy atom. The third-order valence-corrected chi connectivity index (χ3v) is 15.5. The van der Waals surface area contributed by atoms with Crippen molar-refractivity contribution in [2.24, 2.45) is 50.2 Å². The highest BCUT2D eigenvalue weighted by atomic mass is 16.7. The average molecular weight is 757 g/mol. The van der Waals surface area contributed by atoms with Crippen LogP contribution in [0.5, 0.6) is 11.5 Å². The largest absolute Gasteiger partial charge is 0.508 e. The molecule has 0 saturated heterocycles. The number of hydrogen-bond donors (Lipinski definition) is 1. The number of benzene rings is 2. The van der Waals surface area contributed by atoms with E-state index in [1.807, 2.05) is 12.1 Å². The Morgan fingerprint density at radius 3 is 1.73 bits per heavy atom. The van der Waals surface area contributed by atoms with Crippen molar-refractivity contribution in [1.82, 2.24) is 0 Å². The fourth-order valence-corrected chi connectivity index (χ4v) is 11.8. The summed E-state index contributed by atoms with van der Waals surface area (Å²) >= 11 is 0.